The van der Waals surface area contributed by atoms with Crippen LogP contribution in [0.25, 0.3) is 0 Å². The van der Waals surface area contributed by atoms with E-state index in [-0.39, 0.29) is 18.5 Å². The Morgan fingerprint density at radius 2 is 1.89 bits per heavy atom. The molecule has 0 unspecified atom stereocenters. The molecule has 18 heavy (non-hydrogen) atoms. The van der Waals surface area contributed by atoms with E-state index >= 15 is 0 Å². The lowest BCUT2D eigenvalue weighted by Crippen LogP contribution is -2.27. The summed E-state index contributed by atoms with van der Waals surface area (Å²) >= 11 is 0. The van der Waals surface area contributed by atoms with Crippen molar-refractivity contribution >= 4 is 11.9 Å². The van der Waals surface area contributed by atoms with Gasteiger partial charge in [-0.1, -0.05) is 12.1 Å². The van der Waals surface area contributed by atoms with Crippen LogP contribution in [0.4, 0.5) is 0 Å². The average molecular weight is 251 g/mol. The highest BCUT2D eigenvalue weighted by molar-refractivity contribution is 5.89. The van der Waals surface area contributed by atoms with Gasteiger partial charge in [-0.3, -0.25) is 4.79 Å². The van der Waals surface area contributed by atoms with E-state index in [1.807, 2.05) is 6.92 Å². The maximum atomic E-state index is 11.3. The number of carbonyl (C=O) groups excluding carboxylic acids is 2. The molecule has 0 bridgehead atoms. The van der Waals surface area contributed by atoms with Crippen LogP contribution in [0.15, 0.2) is 24.3 Å². The standard InChI is InChI=1S/C13H17NO4/c1-3-18-9-12(15)14-8-10-4-6-11(7-5-10)13(16)17-2/h4-7H,3,8-9H2,1-2H3,(H,14,15). The summed E-state index contributed by atoms with van der Waals surface area (Å²) in [5.41, 5.74) is 1.40. The Balaban J connectivity index is 2.44. The molecule has 0 aliphatic carbocycles. The van der Waals surface area contributed by atoms with Crippen molar-refractivity contribution < 1.29 is 19.1 Å². The van der Waals surface area contributed by atoms with Crippen LogP contribution in [-0.4, -0.2) is 32.2 Å². The van der Waals surface area contributed by atoms with Crippen LogP contribution < -0.4 is 5.32 Å². The largest absolute Gasteiger partial charge is 0.465 e. The minimum Gasteiger partial charge on any atom is -0.465 e. The van der Waals surface area contributed by atoms with Crippen LogP contribution in [0.5, 0.6) is 0 Å². The first-order chi connectivity index (χ1) is 8.67. The molecule has 0 radical (unpaired) electrons. The minimum absolute atomic E-state index is 0.0662. The topological polar surface area (TPSA) is 64.6 Å². The number of ether oxygens (including phenoxy) is 2. The summed E-state index contributed by atoms with van der Waals surface area (Å²) in [6.45, 7) is 2.82. The van der Waals surface area contributed by atoms with E-state index in [1.54, 1.807) is 24.3 Å². The van der Waals surface area contributed by atoms with Crippen LogP contribution in [0.2, 0.25) is 0 Å². The van der Waals surface area contributed by atoms with Gasteiger partial charge in [-0.05, 0) is 24.6 Å². The lowest BCUT2D eigenvalue weighted by Gasteiger charge is -2.06. The molecule has 0 aromatic heterocycles. The summed E-state index contributed by atoms with van der Waals surface area (Å²) in [6, 6.07) is 6.87. The number of carbonyl (C=O) groups is 2. The van der Waals surface area contributed by atoms with E-state index in [2.05, 4.69) is 10.1 Å². The quantitative estimate of drug-likeness (QED) is 0.770. The number of rotatable bonds is 6. The van der Waals surface area contributed by atoms with Gasteiger partial charge in [-0.15, -0.1) is 0 Å². The van der Waals surface area contributed by atoms with Crippen LogP contribution in [0.1, 0.15) is 22.8 Å². The summed E-state index contributed by atoms with van der Waals surface area (Å²) in [5.74, 6) is -0.532. The first-order valence-corrected chi connectivity index (χ1v) is 5.69. The predicted octanol–water partition coefficient (Wildman–Crippen LogP) is 1.13. The van der Waals surface area contributed by atoms with Crippen molar-refractivity contribution in [3.05, 3.63) is 35.4 Å². The molecular weight excluding hydrogens is 234 g/mol. The molecule has 5 nitrogen and oxygen atoms in total. The van der Waals surface area contributed by atoms with E-state index in [1.165, 1.54) is 7.11 Å². The van der Waals surface area contributed by atoms with Gasteiger partial charge < -0.3 is 14.8 Å². The predicted molar refractivity (Wildman–Crippen MR) is 66.1 cm³/mol. The molecule has 5 heteroatoms. The molecule has 0 saturated carbocycles. The number of hydrogen-bond donors (Lipinski definition) is 1. The van der Waals surface area contributed by atoms with Crippen molar-refractivity contribution in [3.8, 4) is 0 Å². The number of nitrogens with one attached hydrogen (secondary N) is 1. The van der Waals surface area contributed by atoms with Gasteiger partial charge in [0.2, 0.25) is 5.91 Å². The van der Waals surface area contributed by atoms with Gasteiger partial charge in [-0.25, -0.2) is 4.79 Å². The SMILES string of the molecule is CCOCC(=O)NCc1ccc(C(=O)OC)cc1. The van der Waals surface area contributed by atoms with Crippen molar-refractivity contribution in [2.45, 2.75) is 13.5 Å². The van der Waals surface area contributed by atoms with Crippen molar-refractivity contribution in [1.82, 2.24) is 5.32 Å². The molecule has 0 heterocycles. The molecule has 0 fully saturated rings. The van der Waals surface area contributed by atoms with Gasteiger partial charge in [0.15, 0.2) is 0 Å². The molecule has 0 spiro atoms. The third kappa shape index (κ3) is 4.55. The second kappa shape index (κ2) is 7.45. The normalized spacial score (nSPS) is 9.89. The molecular formula is C13H17NO4. The zero-order chi connectivity index (χ0) is 13.4. The number of benzene rings is 1. The molecule has 0 aliphatic heterocycles. The number of hydrogen-bond acceptors (Lipinski definition) is 4. The fourth-order valence-electron chi connectivity index (χ4n) is 1.32. The smallest absolute Gasteiger partial charge is 0.337 e. The molecule has 98 valence electrons. The Labute approximate surface area is 106 Å². The highest BCUT2D eigenvalue weighted by atomic mass is 16.5. The van der Waals surface area contributed by atoms with E-state index in [9.17, 15) is 9.59 Å². The van der Waals surface area contributed by atoms with Crippen LogP contribution in [-0.2, 0) is 20.8 Å². The zero-order valence-corrected chi connectivity index (χ0v) is 10.6. The van der Waals surface area contributed by atoms with Gasteiger partial charge in [0.25, 0.3) is 0 Å². The molecule has 1 N–H and O–H groups in total. The first-order valence-electron chi connectivity index (χ1n) is 5.69. The summed E-state index contributed by atoms with van der Waals surface area (Å²) in [5, 5.41) is 2.72. The summed E-state index contributed by atoms with van der Waals surface area (Å²) < 4.78 is 9.57. The zero-order valence-electron chi connectivity index (χ0n) is 10.6. The van der Waals surface area contributed by atoms with Gasteiger partial charge in [-0.2, -0.15) is 0 Å². The Kier molecular flexibility index (Phi) is 5.87. The summed E-state index contributed by atoms with van der Waals surface area (Å²) in [4.78, 5) is 22.5. The molecule has 0 aliphatic rings. The first kappa shape index (κ1) is 14.2. The highest BCUT2D eigenvalue weighted by Gasteiger charge is 2.05. The molecule has 1 aromatic carbocycles. The lowest BCUT2D eigenvalue weighted by atomic mass is 10.1. The third-order valence-electron chi connectivity index (χ3n) is 2.30. The number of methoxy groups -OCH3 is 1. The third-order valence-corrected chi connectivity index (χ3v) is 2.30. The van der Waals surface area contributed by atoms with Crippen LogP contribution in [0.3, 0.4) is 0 Å². The Hall–Kier alpha value is -1.88. The maximum Gasteiger partial charge on any atom is 0.337 e. The van der Waals surface area contributed by atoms with E-state index in [0.29, 0.717) is 18.7 Å². The second-order valence-corrected chi connectivity index (χ2v) is 3.60. The van der Waals surface area contributed by atoms with Gasteiger partial charge in [0.1, 0.15) is 6.61 Å². The molecule has 0 atom stereocenters. The molecule has 1 aromatic rings. The monoisotopic (exact) mass is 251 g/mol. The van der Waals surface area contributed by atoms with Gasteiger partial charge in [0, 0.05) is 13.2 Å². The van der Waals surface area contributed by atoms with Gasteiger partial charge >= 0.3 is 5.97 Å². The van der Waals surface area contributed by atoms with Gasteiger partial charge in [0.05, 0.1) is 12.7 Å². The van der Waals surface area contributed by atoms with Crippen molar-refractivity contribution in [3.63, 3.8) is 0 Å². The second-order valence-electron chi connectivity index (χ2n) is 3.60. The number of amides is 1. The van der Waals surface area contributed by atoms with Crippen molar-refractivity contribution in [2.75, 3.05) is 20.3 Å². The van der Waals surface area contributed by atoms with Crippen LogP contribution in [0, 0.1) is 0 Å². The van der Waals surface area contributed by atoms with E-state index in [4.69, 9.17) is 4.74 Å². The molecule has 1 rings (SSSR count). The fraction of sp³-hybridized carbons (Fsp3) is 0.385. The maximum absolute atomic E-state index is 11.3. The highest BCUT2D eigenvalue weighted by Crippen LogP contribution is 2.05. The lowest BCUT2D eigenvalue weighted by molar-refractivity contribution is -0.125. The minimum atomic E-state index is -0.373. The number of esters is 1. The molecule has 1 amide bonds. The molecule has 0 saturated heterocycles. The summed E-state index contributed by atoms with van der Waals surface area (Å²) in [7, 11) is 1.34. The Morgan fingerprint density at radius 1 is 1.22 bits per heavy atom. The summed E-state index contributed by atoms with van der Waals surface area (Å²) in [6.07, 6.45) is 0. The van der Waals surface area contributed by atoms with E-state index < -0.39 is 0 Å². The van der Waals surface area contributed by atoms with Crippen molar-refractivity contribution in [1.29, 1.82) is 0 Å². The van der Waals surface area contributed by atoms with E-state index in [0.717, 1.165) is 5.56 Å². The average Bonchev–Trinajstić information content (AvgIpc) is 2.42. The Bertz CT molecular complexity index is 400. The van der Waals surface area contributed by atoms with Crippen LogP contribution >= 0.6 is 0 Å². The van der Waals surface area contributed by atoms with Crippen molar-refractivity contribution in [2.24, 2.45) is 0 Å². The Morgan fingerprint density at radius 3 is 2.44 bits per heavy atom. The fourth-order valence-corrected chi connectivity index (χ4v) is 1.32.